The lowest BCUT2D eigenvalue weighted by atomic mass is 10.2. The summed E-state index contributed by atoms with van der Waals surface area (Å²) in [6.07, 6.45) is 7.46. The molecule has 0 aliphatic carbocycles. The topological polar surface area (TPSA) is 51.9 Å². The molecule has 2 rings (SSSR count). The van der Waals surface area contributed by atoms with Crippen LogP contribution in [-0.4, -0.2) is 20.7 Å². The minimum Gasteiger partial charge on any atom is -0.370 e. The number of pyridine rings is 1. The summed E-state index contributed by atoms with van der Waals surface area (Å²) in [6, 6.07) is 3.91. The van der Waals surface area contributed by atoms with Crippen LogP contribution in [0.15, 0.2) is 35.5 Å². The van der Waals surface area contributed by atoms with Crippen molar-refractivity contribution in [3.05, 3.63) is 46.8 Å². The molecule has 5 nitrogen and oxygen atoms in total. The summed E-state index contributed by atoms with van der Waals surface area (Å²) in [4.78, 5) is 16.5. The summed E-state index contributed by atoms with van der Waals surface area (Å²) >= 11 is 0. The predicted molar refractivity (Wildman–Crippen MR) is 81.1 cm³/mol. The van der Waals surface area contributed by atoms with Crippen molar-refractivity contribution in [3.8, 4) is 0 Å². The van der Waals surface area contributed by atoms with Gasteiger partial charge in [0.2, 0.25) is 0 Å². The summed E-state index contributed by atoms with van der Waals surface area (Å²) in [7, 11) is 0. The normalized spacial score (nSPS) is 10.7. The van der Waals surface area contributed by atoms with Crippen molar-refractivity contribution >= 4 is 5.82 Å². The Bertz CT molecular complexity index is 600. The third-order valence-electron chi connectivity index (χ3n) is 3.16. The molecule has 0 bridgehead atoms. The van der Waals surface area contributed by atoms with Gasteiger partial charge < -0.3 is 5.32 Å². The molecule has 0 aliphatic heterocycles. The Morgan fingerprint density at radius 1 is 1.20 bits per heavy atom. The van der Waals surface area contributed by atoms with Crippen LogP contribution in [0.4, 0.5) is 5.82 Å². The van der Waals surface area contributed by atoms with Gasteiger partial charge in [-0.05, 0) is 18.9 Å². The fraction of sp³-hybridized carbons (Fsp3) is 0.467. The number of hydrogen-bond donors (Lipinski definition) is 1. The zero-order chi connectivity index (χ0) is 14.4. The molecular weight excluding hydrogens is 252 g/mol. The van der Waals surface area contributed by atoms with E-state index >= 15 is 0 Å². The second-order valence-corrected chi connectivity index (χ2v) is 4.84. The first-order chi connectivity index (χ1) is 9.76. The highest BCUT2D eigenvalue weighted by molar-refractivity contribution is 5.43. The van der Waals surface area contributed by atoms with Crippen molar-refractivity contribution in [1.29, 1.82) is 0 Å². The highest BCUT2D eigenvalue weighted by atomic mass is 16.1. The zero-order valence-electron chi connectivity index (χ0n) is 12.2. The molecule has 0 amide bonds. The smallest absolute Gasteiger partial charge is 0.328 e. The summed E-state index contributed by atoms with van der Waals surface area (Å²) in [6.45, 7) is 6.38. The van der Waals surface area contributed by atoms with E-state index in [1.54, 1.807) is 15.3 Å². The Hall–Kier alpha value is -2.04. The van der Waals surface area contributed by atoms with E-state index in [1.807, 2.05) is 24.5 Å². The lowest BCUT2D eigenvalue weighted by Gasteiger charge is -2.10. The van der Waals surface area contributed by atoms with Crippen molar-refractivity contribution < 1.29 is 0 Å². The Kier molecular flexibility index (Phi) is 4.98. The number of rotatable bonds is 7. The largest absolute Gasteiger partial charge is 0.370 e. The Morgan fingerprint density at radius 3 is 2.75 bits per heavy atom. The van der Waals surface area contributed by atoms with Crippen molar-refractivity contribution in [2.75, 3.05) is 11.9 Å². The molecule has 0 saturated heterocycles. The molecule has 0 aliphatic rings. The maximum Gasteiger partial charge on any atom is 0.328 e. The molecule has 0 radical (unpaired) electrons. The van der Waals surface area contributed by atoms with E-state index in [0.29, 0.717) is 6.54 Å². The average Bonchev–Trinajstić information content (AvgIpc) is 2.80. The van der Waals surface area contributed by atoms with Crippen LogP contribution in [0.3, 0.4) is 0 Å². The number of nitrogens with zero attached hydrogens (tertiary/aromatic N) is 3. The number of aryl methyl sites for hydroxylation is 1. The summed E-state index contributed by atoms with van der Waals surface area (Å²) in [5.41, 5.74) is 1.08. The van der Waals surface area contributed by atoms with Crippen molar-refractivity contribution in [1.82, 2.24) is 14.1 Å². The van der Waals surface area contributed by atoms with Crippen molar-refractivity contribution in [3.63, 3.8) is 0 Å². The maximum atomic E-state index is 12.2. The van der Waals surface area contributed by atoms with Crippen LogP contribution in [0.1, 0.15) is 32.3 Å². The van der Waals surface area contributed by atoms with Gasteiger partial charge in [-0.3, -0.25) is 9.13 Å². The third-order valence-corrected chi connectivity index (χ3v) is 3.16. The van der Waals surface area contributed by atoms with E-state index in [1.165, 1.54) is 0 Å². The van der Waals surface area contributed by atoms with Crippen LogP contribution in [0.5, 0.6) is 0 Å². The van der Waals surface area contributed by atoms with Gasteiger partial charge >= 0.3 is 5.69 Å². The number of nitrogens with one attached hydrogen (secondary N) is 1. The van der Waals surface area contributed by atoms with E-state index < -0.39 is 0 Å². The van der Waals surface area contributed by atoms with Crippen molar-refractivity contribution in [2.24, 2.45) is 0 Å². The molecule has 20 heavy (non-hydrogen) atoms. The zero-order valence-corrected chi connectivity index (χ0v) is 12.2. The minimum atomic E-state index is 0.0390. The number of anilines is 1. The molecule has 5 heteroatoms. The van der Waals surface area contributed by atoms with E-state index in [9.17, 15) is 4.79 Å². The molecule has 2 heterocycles. The quantitative estimate of drug-likeness (QED) is 0.843. The van der Waals surface area contributed by atoms with Gasteiger partial charge in [-0.1, -0.05) is 19.9 Å². The van der Waals surface area contributed by atoms with Gasteiger partial charge in [0.05, 0.1) is 6.54 Å². The van der Waals surface area contributed by atoms with Crippen LogP contribution in [0, 0.1) is 0 Å². The van der Waals surface area contributed by atoms with Crippen LogP contribution >= 0.6 is 0 Å². The Labute approximate surface area is 119 Å². The SMILES string of the molecule is CCCNc1ncccc1Cn1ccn(CCC)c1=O. The lowest BCUT2D eigenvalue weighted by Crippen LogP contribution is -2.24. The summed E-state index contributed by atoms with van der Waals surface area (Å²) < 4.78 is 3.47. The van der Waals surface area contributed by atoms with Crippen LogP contribution in [0.2, 0.25) is 0 Å². The van der Waals surface area contributed by atoms with Crippen LogP contribution in [0.25, 0.3) is 0 Å². The van der Waals surface area contributed by atoms with Gasteiger partial charge in [-0.2, -0.15) is 0 Å². The van der Waals surface area contributed by atoms with Gasteiger partial charge in [0.25, 0.3) is 0 Å². The second-order valence-electron chi connectivity index (χ2n) is 4.84. The van der Waals surface area contributed by atoms with Gasteiger partial charge in [-0.25, -0.2) is 9.78 Å². The summed E-state index contributed by atoms with van der Waals surface area (Å²) in [5.74, 6) is 0.865. The predicted octanol–water partition coefficient (Wildman–Crippen LogP) is 2.33. The van der Waals surface area contributed by atoms with Crippen LogP contribution in [-0.2, 0) is 13.1 Å². The molecule has 0 aromatic carbocycles. The molecule has 0 unspecified atom stereocenters. The molecule has 1 N–H and O–H groups in total. The van der Waals surface area contributed by atoms with Gasteiger partial charge in [0, 0.05) is 37.2 Å². The molecular formula is C15H22N4O. The molecule has 2 aromatic heterocycles. The Morgan fingerprint density at radius 2 is 2.00 bits per heavy atom. The Balaban J connectivity index is 2.19. The fourth-order valence-electron chi connectivity index (χ4n) is 2.14. The minimum absolute atomic E-state index is 0.0390. The number of aromatic nitrogens is 3. The van der Waals surface area contributed by atoms with Gasteiger partial charge in [0.1, 0.15) is 5.82 Å². The first-order valence-corrected chi connectivity index (χ1v) is 7.19. The highest BCUT2D eigenvalue weighted by Crippen LogP contribution is 2.12. The highest BCUT2D eigenvalue weighted by Gasteiger charge is 2.07. The molecule has 0 fully saturated rings. The fourth-order valence-corrected chi connectivity index (χ4v) is 2.14. The standard InChI is InChI=1S/C15H22N4O/c1-3-7-16-14-13(6-5-8-17-14)12-19-11-10-18(9-4-2)15(19)20/h5-6,8,10-11H,3-4,7,9,12H2,1-2H3,(H,16,17). The van der Waals surface area contributed by atoms with Crippen LogP contribution < -0.4 is 11.0 Å². The maximum absolute atomic E-state index is 12.2. The second kappa shape index (κ2) is 6.93. The molecule has 2 aromatic rings. The molecule has 0 atom stereocenters. The molecule has 0 spiro atoms. The van der Waals surface area contributed by atoms with E-state index in [0.717, 1.165) is 37.3 Å². The average molecular weight is 274 g/mol. The number of hydrogen-bond acceptors (Lipinski definition) is 3. The van der Waals surface area contributed by atoms with Gasteiger partial charge in [-0.15, -0.1) is 0 Å². The van der Waals surface area contributed by atoms with Gasteiger partial charge in [0.15, 0.2) is 0 Å². The summed E-state index contributed by atoms with van der Waals surface area (Å²) in [5, 5.41) is 3.30. The first-order valence-electron chi connectivity index (χ1n) is 7.19. The lowest BCUT2D eigenvalue weighted by molar-refractivity contribution is 0.624. The third kappa shape index (κ3) is 3.29. The van der Waals surface area contributed by atoms with E-state index in [4.69, 9.17) is 0 Å². The van der Waals surface area contributed by atoms with Crippen molar-refractivity contribution in [2.45, 2.75) is 39.8 Å². The monoisotopic (exact) mass is 274 g/mol. The first kappa shape index (κ1) is 14.4. The molecule has 108 valence electrons. The number of imidazole rings is 1. The molecule has 0 saturated carbocycles. The van der Waals surface area contributed by atoms with E-state index in [-0.39, 0.29) is 5.69 Å². The van der Waals surface area contributed by atoms with E-state index in [2.05, 4.69) is 24.1 Å².